The van der Waals surface area contributed by atoms with E-state index in [-0.39, 0.29) is 24.4 Å². The smallest absolute Gasteiger partial charge is 0.222 e. The third-order valence-electron chi connectivity index (χ3n) is 4.26. The summed E-state index contributed by atoms with van der Waals surface area (Å²) in [5.41, 5.74) is 5.48. The molecule has 138 valence electrons. The largest absolute Gasteiger partial charge is 0.387 e. The maximum Gasteiger partial charge on any atom is 0.222 e. The molecule has 0 radical (unpaired) electrons. The van der Waals surface area contributed by atoms with Gasteiger partial charge in [0.15, 0.2) is 0 Å². The fraction of sp³-hybridized carbons (Fsp3) is 0.706. The molecule has 1 aliphatic heterocycles. The van der Waals surface area contributed by atoms with Gasteiger partial charge in [-0.2, -0.15) is 0 Å². The molecule has 0 spiro atoms. The summed E-state index contributed by atoms with van der Waals surface area (Å²) in [6.07, 6.45) is 4.68. The van der Waals surface area contributed by atoms with Crippen molar-refractivity contribution < 1.29 is 14.6 Å². The van der Waals surface area contributed by atoms with Gasteiger partial charge >= 0.3 is 0 Å². The van der Waals surface area contributed by atoms with Gasteiger partial charge in [0, 0.05) is 24.3 Å². The van der Waals surface area contributed by atoms with Gasteiger partial charge in [-0.25, -0.2) is 0 Å². The lowest BCUT2D eigenvalue weighted by molar-refractivity contribution is -0.141. The molecular weight excluding hydrogens is 348 g/mol. The number of ether oxygens (including phenoxy) is 1. The Morgan fingerprint density at radius 3 is 2.92 bits per heavy atom. The SMILES string of the molecule is Cl.NCCCCCCC(=O)N1CCOCC1CC(O)c1cccs1. The Hall–Kier alpha value is -0.660. The second-order valence-electron chi connectivity index (χ2n) is 6.04. The summed E-state index contributed by atoms with van der Waals surface area (Å²) in [6, 6.07) is 3.84. The lowest BCUT2D eigenvalue weighted by atomic mass is 10.0. The van der Waals surface area contributed by atoms with Crippen molar-refractivity contribution in [3.63, 3.8) is 0 Å². The number of aliphatic hydroxyl groups is 1. The van der Waals surface area contributed by atoms with Crippen molar-refractivity contribution in [2.45, 2.75) is 50.7 Å². The Balaban J connectivity index is 0.00000288. The van der Waals surface area contributed by atoms with Gasteiger partial charge in [-0.3, -0.25) is 4.79 Å². The van der Waals surface area contributed by atoms with Crippen molar-refractivity contribution in [1.29, 1.82) is 0 Å². The first-order chi connectivity index (χ1) is 11.2. The number of nitrogens with two attached hydrogens (primary N) is 1. The number of nitrogens with zero attached hydrogens (tertiary/aromatic N) is 1. The molecule has 0 aliphatic carbocycles. The number of amides is 1. The number of carbonyl (C=O) groups is 1. The third kappa shape index (κ3) is 6.69. The summed E-state index contributed by atoms with van der Waals surface area (Å²) in [6.45, 7) is 2.45. The minimum atomic E-state index is -0.526. The van der Waals surface area contributed by atoms with Crippen molar-refractivity contribution in [3.8, 4) is 0 Å². The minimum Gasteiger partial charge on any atom is -0.387 e. The second kappa shape index (κ2) is 11.8. The number of rotatable bonds is 9. The molecule has 1 aliphatic rings. The molecule has 1 aromatic heterocycles. The molecule has 0 bridgehead atoms. The fourth-order valence-corrected chi connectivity index (χ4v) is 3.68. The van der Waals surface area contributed by atoms with E-state index < -0.39 is 6.10 Å². The molecule has 2 rings (SSSR count). The van der Waals surface area contributed by atoms with Crippen molar-refractivity contribution in [2.75, 3.05) is 26.3 Å². The normalized spacial score (nSPS) is 18.9. The quantitative estimate of drug-likeness (QED) is 0.650. The second-order valence-corrected chi connectivity index (χ2v) is 7.01. The standard InChI is InChI=1S/C17H28N2O3S.ClH/c18-8-4-2-1-3-7-17(21)19-9-10-22-13-14(19)12-15(20)16-6-5-11-23-16;/h5-6,11,14-15,20H,1-4,7-10,12-13,18H2;1H. The molecule has 1 aromatic rings. The van der Waals surface area contributed by atoms with E-state index in [0.29, 0.717) is 32.6 Å². The van der Waals surface area contributed by atoms with Crippen LogP contribution in [0.3, 0.4) is 0 Å². The summed E-state index contributed by atoms with van der Waals surface area (Å²) in [7, 11) is 0. The summed E-state index contributed by atoms with van der Waals surface area (Å²) < 4.78 is 5.52. The molecule has 5 nitrogen and oxygen atoms in total. The molecule has 1 saturated heterocycles. The van der Waals surface area contributed by atoms with Gasteiger partial charge in [0.05, 0.1) is 25.4 Å². The number of halogens is 1. The number of thiophene rings is 1. The summed E-state index contributed by atoms with van der Waals surface area (Å²) in [5, 5.41) is 12.3. The Labute approximate surface area is 154 Å². The first-order valence-electron chi connectivity index (χ1n) is 8.51. The van der Waals surface area contributed by atoms with E-state index in [1.165, 1.54) is 0 Å². The molecule has 3 N–H and O–H groups in total. The highest BCUT2D eigenvalue weighted by Crippen LogP contribution is 2.26. The van der Waals surface area contributed by atoms with Crippen LogP contribution in [0.5, 0.6) is 0 Å². The van der Waals surface area contributed by atoms with Gasteiger partial charge in [0.2, 0.25) is 5.91 Å². The maximum absolute atomic E-state index is 12.5. The van der Waals surface area contributed by atoms with Crippen molar-refractivity contribution in [2.24, 2.45) is 5.73 Å². The zero-order chi connectivity index (χ0) is 16.5. The van der Waals surface area contributed by atoms with Crippen LogP contribution in [0.25, 0.3) is 0 Å². The molecule has 0 saturated carbocycles. The number of hydrogen-bond acceptors (Lipinski definition) is 5. The van der Waals surface area contributed by atoms with E-state index >= 15 is 0 Å². The first-order valence-corrected chi connectivity index (χ1v) is 9.39. The van der Waals surface area contributed by atoms with Crippen LogP contribution < -0.4 is 5.73 Å². The number of morpholine rings is 1. The van der Waals surface area contributed by atoms with Gasteiger partial charge in [0.1, 0.15) is 0 Å². The predicted octanol–water partition coefficient (Wildman–Crippen LogP) is 2.73. The van der Waals surface area contributed by atoms with Crippen LogP contribution in [0, 0.1) is 0 Å². The van der Waals surface area contributed by atoms with Crippen LogP contribution in [-0.4, -0.2) is 48.3 Å². The van der Waals surface area contributed by atoms with E-state index in [1.54, 1.807) is 11.3 Å². The lowest BCUT2D eigenvalue weighted by Crippen LogP contribution is -2.49. The van der Waals surface area contributed by atoms with E-state index in [0.717, 1.165) is 37.1 Å². The van der Waals surface area contributed by atoms with E-state index in [2.05, 4.69) is 0 Å². The molecule has 2 heterocycles. The van der Waals surface area contributed by atoms with Crippen molar-refractivity contribution >= 4 is 29.7 Å². The molecule has 24 heavy (non-hydrogen) atoms. The Kier molecular flexibility index (Phi) is 10.5. The van der Waals surface area contributed by atoms with Crippen LogP contribution in [0.4, 0.5) is 0 Å². The molecular formula is C17H29ClN2O3S. The van der Waals surface area contributed by atoms with Crippen molar-refractivity contribution in [3.05, 3.63) is 22.4 Å². The average molecular weight is 377 g/mol. The van der Waals surface area contributed by atoms with Crippen LogP contribution in [0.1, 0.15) is 49.5 Å². The minimum absolute atomic E-state index is 0. The molecule has 0 aromatic carbocycles. The van der Waals surface area contributed by atoms with E-state index in [1.807, 2.05) is 22.4 Å². The zero-order valence-corrected chi connectivity index (χ0v) is 15.7. The predicted molar refractivity (Wildman–Crippen MR) is 99.6 cm³/mol. The van der Waals surface area contributed by atoms with Crippen LogP contribution in [0.2, 0.25) is 0 Å². The molecule has 1 fully saturated rings. The first kappa shape index (κ1) is 21.4. The number of carbonyl (C=O) groups excluding carboxylic acids is 1. The van der Waals surface area contributed by atoms with E-state index in [9.17, 15) is 9.90 Å². The lowest BCUT2D eigenvalue weighted by Gasteiger charge is -2.36. The van der Waals surface area contributed by atoms with Crippen LogP contribution in [-0.2, 0) is 9.53 Å². The fourth-order valence-electron chi connectivity index (χ4n) is 2.95. The van der Waals surface area contributed by atoms with E-state index in [4.69, 9.17) is 10.5 Å². The highest BCUT2D eigenvalue weighted by Gasteiger charge is 2.29. The molecule has 2 atom stereocenters. The number of hydrogen-bond donors (Lipinski definition) is 2. The average Bonchev–Trinajstić information content (AvgIpc) is 3.09. The molecule has 2 unspecified atom stereocenters. The number of unbranched alkanes of at least 4 members (excludes halogenated alkanes) is 3. The highest BCUT2D eigenvalue weighted by molar-refractivity contribution is 7.10. The van der Waals surface area contributed by atoms with Crippen LogP contribution in [0.15, 0.2) is 17.5 Å². The Bertz CT molecular complexity index is 459. The van der Waals surface area contributed by atoms with Gasteiger partial charge in [0.25, 0.3) is 0 Å². The van der Waals surface area contributed by atoms with Crippen LogP contribution >= 0.6 is 23.7 Å². The topological polar surface area (TPSA) is 75.8 Å². The highest BCUT2D eigenvalue weighted by atomic mass is 35.5. The molecule has 7 heteroatoms. The summed E-state index contributed by atoms with van der Waals surface area (Å²) in [5.74, 6) is 0.185. The Morgan fingerprint density at radius 2 is 2.21 bits per heavy atom. The zero-order valence-electron chi connectivity index (χ0n) is 14.1. The summed E-state index contributed by atoms with van der Waals surface area (Å²) in [4.78, 5) is 15.3. The van der Waals surface area contributed by atoms with Gasteiger partial charge < -0.3 is 20.5 Å². The van der Waals surface area contributed by atoms with Gasteiger partial charge in [-0.05, 0) is 30.8 Å². The Morgan fingerprint density at radius 1 is 1.42 bits per heavy atom. The molecule has 1 amide bonds. The van der Waals surface area contributed by atoms with Gasteiger partial charge in [-0.1, -0.05) is 18.9 Å². The number of aliphatic hydroxyl groups excluding tert-OH is 1. The van der Waals surface area contributed by atoms with Gasteiger partial charge in [-0.15, -0.1) is 23.7 Å². The van der Waals surface area contributed by atoms with Crippen molar-refractivity contribution in [1.82, 2.24) is 4.90 Å². The summed E-state index contributed by atoms with van der Waals surface area (Å²) >= 11 is 1.55. The monoisotopic (exact) mass is 376 g/mol. The third-order valence-corrected chi connectivity index (χ3v) is 5.23. The maximum atomic E-state index is 12.5.